The van der Waals surface area contributed by atoms with Crippen molar-refractivity contribution in [1.29, 1.82) is 5.26 Å². The molecule has 9 heteroatoms. The first-order chi connectivity index (χ1) is 14.7. The Bertz CT molecular complexity index is 1270. The highest BCUT2D eigenvalue weighted by molar-refractivity contribution is 7.93. The molecule has 1 saturated carbocycles. The summed E-state index contributed by atoms with van der Waals surface area (Å²) in [6.45, 7) is 3.18. The van der Waals surface area contributed by atoms with Crippen molar-refractivity contribution in [2.45, 2.75) is 50.8 Å². The summed E-state index contributed by atoms with van der Waals surface area (Å²) in [5.74, 6) is 0. The molecular formula is C22H22F2N4O2S. The van der Waals surface area contributed by atoms with Gasteiger partial charge in [-0.3, -0.25) is 4.72 Å². The molecular weight excluding hydrogens is 422 g/mol. The van der Waals surface area contributed by atoms with E-state index in [1.165, 1.54) is 6.07 Å². The van der Waals surface area contributed by atoms with Crippen LogP contribution in [-0.2, 0) is 10.0 Å². The maximum Gasteiger partial charge on any atom is 0.265 e. The molecule has 0 atom stereocenters. The number of pyridine rings is 1. The number of nitrogens with zero attached hydrogens (tertiary/aromatic N) is 3. The lowest BCUT2D eigenvalue weighted by Gasteiger charge is -2.29. The Balaban J connectivity index is 1.85. The molecule has 2 heterocycles. The van der Waals surface area contributed by atoms with Gasteiger partial charge in [-0.15, -0.1) is 0 Å². The third kappa shape index (κ3) is 3.76. The Hall–Kier alpha value is -2.99. The quantitative estimate of drug-likeness (QED) is 0.552. The Morgan fingerprint density at radius 3 is 2.42 bits per heavy atom. The minimum atomic E-state index is -3.48. The molecule has 0 aliphatic heterocycles. The molecule has 1 aromatic carbocycles. The molecule has 162 valence electrons. The molecule has 0 radical (unpaired) electrons. The highest BCUT2D eigenvalue weighted by Gasteiger charge is 2.29. The van der Waals surface area contributed by atoms with E-state index in [1.54, 1.807) is 38.1 Å². The zero-order chi connectivity index (χ0) is 22.3. The van der Waals surface area contributed by atoms with Gasteiger partial charge in [0.25, 0.3) is 6.43 Å². The fourth-order valence-corrected chi connectivity index (χ4v) is 4.40. The lowest BCUT2D eigenvalue weighted by molar-refractivity contribution is 0.151. The predicted molar refractivity (Wildman–Crippen MR) is 115 cm³/mol. The second-order valence-electron chi connectivity index (χ2n) is 8.00. The number of hydrogen-bond acceptors (Lipinski definition) is 4. The average molecular weight is 445 g/mol. The Labute approximate surface area is 179 Å². The van der Waals surface area contributed by atoms with E-state index < -0.39 is 21.7 Å². The maximum absolute atomic E-state index is 13.2. The molecule has 6 nitrogen and oxygen atoms in total. The second-order valence-corrected chi connectivity index (χ2v) is 10.2. The fourth-order valence-electron chi connectivity index (χ4n) is 3.70. The molecule has 1 aliphatic rings. The lowest BCUT2D eigenvalue weighted by atomic mass is 9.92. The molecule has 2 aromatic heterocycles. The minimum absolute atomic E-state index is 0.142. The van der Waals surface area contributed by atoms with Gasteiger partial charge in [-0.1, -0.05) is 12.1 Å². The predicted octanol–water partition coefficient (Wildman–Crippen LogP) is 5.39. The van der Waals surface area contributed by atoms with Crippen LogP contribution >= 0.6 is 0 Å². The fraction of sp³-hybridized carbons (Fsp3) is 0.364. The number of fused-ring (bicyclic) bond motifs is 1. The number of sulfonamides is 1. The molecule has 0 spiro atoms. The second kappa shape index (κ2) is 7.93. The number of anilines is 1. The van der Waals surface area contributed by atoms with Crippen molar-refractivity contribution < 1.29 is 17.2 Å². The standard InChI is InChI=1S/C22H22F2N4O2S/c1-13(2)31(29,30)27-16-8-6-14(7-9-16)20-19(11-25)18-10-15(21(23)24)12-26-22(18)28(20)17-4-3-5-17/h6-10,12-13,17,21,27H,3-5H2,1-2H3. The number of alkyl halides is 2. The summed E-state index contributed by atoms with van der Waals surface area (Å²) in [6.07, 6.45) is 1.39. The summed E-state index contributed by atoms with van der Waals surface area (Å²) < 4.78 is 55.2. The van der Waals surface area contributed by atoms with E-state index in [-0.39, 0.29) is 11.6 Å². The van der Waals surface area contributed by atoms with Gasteiger partial charge in [0.05, 0.1) is 16.5 Å². The molecule has 4 rings (SSSR count). The monoisotopic (exact) mass is 444 g/mol. The van der Waals surface area contributed by atoms with Crippen LogP contribution in [0.5, 0.6) is 0 Å². The highest BCUT2D eigenvalue weighted by Crippen LogP contribution is 2.42. The Morgan fingerprint density at radius 1 is 1.23 bits per heavy atom. The summed E-state index contributed by atoms with van der Waals surface area (Å²) >= 11 is 0. The SMILES string of the molecule is CC(C)S(=O)(=O)Nc1ccc(-c2c(C#N)c3cc(C(F)F)cnc3n2C2CCC2)cc1. The zero-order valence-corrected chi connectivity index (χ0v) is 18.0. The summed E-state index contributed by atoms with van der Waals surface area (Å²) in [5, 5.41) is 9.73. The molecule has 0 bridgehead atoms. The normalized spacial score (nSPS) is 14.7. The number of rotatable bonds is 6. The maximum atomic E-state index is 13.2. The van der Waals surface area contributed by atoms with Crippen LogP contribution in [0.1, 0.15) is 56.7 Å². The first-order valence-corrected chi connectivity index (χ1v) is 11.6. The van der Waals surface area contributed by atoms with Crippen LogP contribution in [-0.4, -0.2) is 23.2 Å². The van der Waals surface area contributed by atoms with Gasteiger partial charge in [0.2, 0.25) is 10.0 Å². The largest absolute Gasteiger partial charge is 0.321 e. The van der Waals surface area contributed by atoms with Crippen LogP contribution in [0.2, 0.25) is 0 Å². The van der Waals surface area contributed by atoms with Crippen LogP contribution in [0.25, 0.3) is 22.3 Å². The summed E-state index contributed by atoms with van der Waals surface area (Å²) in [5.41, 5.74) is 2.34. The number of aromatic nitrogens is 2. The van der Waals surface area contributed by atoms with Crippen molar-refractivity contribution in [3.05, 3.63) is 47.7 Å². The van der Waals surface area contributed by atoms with E-state index in [0.717, 1.165) is 25.5 Å². The molecule has 0 saturated heterocycles. The average Bonchev–Trinajstić information content (AvgIpc) is 3.00. The van der Waals surface area contributed by atoms with Gasteiger partial charge in [0.1, 0.15) is 11.7 Å². The van der Waals surface area contributed by atoms with Gasteiger partial charge in [-0.05, 0) is 56.9 Å². The molecule has 0 amide bonds. The van der Waals surface area contributed by atoms with Gasteiger partial charge in [-0.2, -0.15) is 5.26 Å². The van der Waals surface area contributed by atoms with Crippen LogP contribution in [0.3, 0.4) is 0 Å². The smallest absolute Gasteiger partial charge is 0.265 e. The molecule has 1 aliphatic carbocycles. The van der Waals surface area contributed by atoms with Crippen LogP contribution in [0.4, 0.5) is 14.5 Å². The van der Waals surface area contributed by atoms with Crippen molar-refractivity contribution in [2.75, 3.05) is 4.72 Å². The number of benzene rings is 1. The molecule has 3 aromatic rings. The number of halogens is 2. The third-order valence-electron chi connectivity index (χ3n) is 5.71. The van der Waals surface area contributed by atoms with Gasteiger partial charge >= 0.3 is 0 Å². The van der Waals surface area contributed by atoms with Gasteiger partial charge in [0, 0.05) is 28.9 Å². The van der Waals surface area contributed by atoms with Crippen molar-refractivity contribution in [3.63, 3.8) is 0 Å². The summed E-state index contributed by atoms with van der Waals surface area (Å²) in [4.78, 5) is 4.29. The molecule has 0 unspecified atom stereocenters. The van der Waals surface area contributed by atoms with E-state index in [9.17, 15) is 22.5 Å². The molecule has 31 heavy (non-hydrogen) atoms. The minimum Gasteiger partial charge on any atom is -0.321 e. The summed E-state index contributed by atoms with van der Waals surface area (Å²) in [7, 11) is -3.48. The topological polar surface area (TPSA) is 87.8 Å². The molecule has 1 N–H and O–H groups in total. The van der Waals surface area contributed by atoms with E-state index in [4.69, 9.17) is 0 Å². The van der Waals surface area contributed by atoms with Crippen LogP contribution in [0, 0.1) is 11.3 Å². The first kappa shape index (κ1) is 21.2. The van der Waals surface area contributed by atoms with E-state index in [0.29, 0.717) is 33.5 Å². The Kier molecular flexibility index (Phi) is 5.43. The number of hydrogen-bond donors (Lipinski definition) is 1. The lowest BCUT2D eigenvalue weighted by Crippen LogP contribution is -2.22. The van der Waals surface area contributed by atoms with Crippen molar-refractivity contribution >= 4 is 26.7 Å². The Morgan fingerprint density at radius 2 is 1.90 bits per heavy atom. The molecule has 1 fully saturated rings. The third-order valence-corrected chi connectivity index (χ3v) is 7.47. The van der Waals surface area contributed by atoms with Crippen molar-refractivity contribution in [1.82, 2.24) is 9.55 Å². The van der Waals surface area contributed by atoms with Crippen LogP contribution < -0.4 is 4.72 Å². The van der Waals surface area contributed by atoms with Crippen molar-refractivity contribution in [3.8, 4) is 17.3 Å². The highest BCUT2D eigenvalue weighted by atomic mass is 32.2. The van der Waals surface area contributed by atoms with Crippen molar-refractivity contribution in [2.24, 2.45) is 0 Å². The van der Waals surface area contributed by atoms with E-state index in [2.05, 4.69) is 15.8 Å². The van der Waals surface area contributed by atoms with Crippen LogP contribution in [0.15, 0.2) is 36.5 Å². The van der Waals surface area contributed by atoms with E-state index in [1.807, 2.05) is 4.57 Å². The van der Waals surface area contributed by atoms with Gasteiger partial charge in [0.15, 0.2) is 0 Å². The number of nitriles is 1. The van der Waals surface area contributed by atoms with E-state index >= 15 is 0 Å². The summed E-state index contributed by atoms with van der Waals surface area (Å²) in [6, 6.07) is 10.4. The zero-order valence-electron chi connectivity index (χ0n) is 17.1. The van der Waals surface area contributed by atoms with Gasteiger partial charge < -0.3 is 4.57 Å². The number of nitrogens with one attached hydrogen (secondary N) is 1. The van der Waals surface area contributed by atoms with Gasteiger partial charge in [-0.25, -0.2) is 22.2 Å². The first-order valence-electron chi connectivity index (χ1n) is 10.1.